The van der Waals surface area contributed by atoms with Gasteiger partial charge in [0.05, 0.1) is 26.9 Å². The number of pyridine rings is 1. The van der Waals surface area contributed by atoms with Crippen LogP contribution in [0.2, 0.25) is 10.0 Å². The third kappa shape index (κ3) is 3.40. The van der Waals surface area contributed by atoms with E-state index < -0.39 is 0 Å². The standard InChI is InChI=1S/C19H13Cl2N5/c20-13-6-2-7-14(17(13)21)24-16-9-11-23-19(26-16)25-15-8-1-4-12-5-3-10-22-18(12)15/h1-11H,(H2,23,24,25,26). The van der Waals surface area contributed by atoms with Crippen LogP contribution in [0.25, 0.3) is 10.9 Å². The van der Waals surface area contributed by atoms with E-state index in [-0.39, 0.29) is 0 Å². The zero-order chi connectivity index (χ0) is 17.9. The topological polar surface area (TPSA) is 62.7 Å². The minimum absolute atomic E-state index is 0.445. The lowest BCUT2D eigenvalue weighted by atomic mass is 10.2. The highest BCUT2D eigenvalue weighted by Gasteiger charge is 2.07. The first-order valence-electron chi connectivity index (χ1n) is 7.85. The van der Waals surface area contributed by atoms with Crippen molar-refractivity contribution in [3.8, 4) is 0 Å². The van der Waals surface area contributed by atoms with Gasteiger partial charge in [0, 0.05) is 17.8 Å². The van der Waals surface area contributed by atoms with Crippen molar-refractivity contribution in [1.29, 1.82) is 0 Å². The lowest BCUT2D eigenvalue weighted by Gasteiger charge is -2.11. The Kier molecular flexibility index (Phi) is 4.56. The van der Waals surface area contributed by atoms with E-state index >= 15 is 0 Å². The zero-order valence-electron chi connectivity index (χ0n) is 13.4. The fraction of sp³-hybridized carbons (Fsp3) is 0. The smallest absolute Gasteiger partial charge is 0.229 e. The van der Waals surface area contributed by atoms with E-state index in [1.54, 1.807) is 24.5 Å². The summed E-state index contributed by atoms with van der Waals surface area (Å²) < 4.78 is 0. The molecule has 5 nitrogen and oxygen atoms in total. The molecule has 0 unspecified atom stereocenters. The molecule has 7 heteroatoms. The highest BCUT2D eigenvalue weighted by atomic mass is 35.5. The molecule has 0 aliphatic heterocycles. The summed E-state index contributed by atoms with van der Waals surface area (Å²) in [4.78, 5) is 13.2. The third-order valence-electron chi connectivity index (χ3n) is 3.75. The molecule has 0 radical (unpaired) electrons. The molecule has 4 aromatic rings. The normalized spacial score (nSPS) is 10.7. The van der Waals surface area contributed by atoms with Crippen molar-refractivity contribution in [3.63, 3.8) is 0 Å². The lowest BCUT2D eigenvalue weighted by Crippen LogP contribution is -2.01. The predicted octanol–water partition coefficient (Wildman–Crippen LogP) is 5.82. The number of anilines is 4. The largest absolute Gasteiger partial charge is 0.339 e. The van der Waals surface area contributed by atoms with Crippen molar-refractivity contribution in [3.05, 3.63) is 77.0 Å². The van der Waals surface area contributed by atoms with E-state index in [9.17, 15) is 0 Å². The van der Waals surface area contributed by atoms with Crippen LogP contribution in [0.5, 0.6) is 0 Å². The summed E-state index contributed by atoms with van der Waals surface area (Å²) >= 11 is 12.3. The molecule has 26 heavy (non-hydrogen) atoms. The minimum atomic E-state index is 0.445. The average molecular weight is 382 g/mol. The number of rotatable bonds is 4. The Balaban J connectivity index is 1.62. The minimum Gasteiger partial charge on any atom is -0.339 e. The number of halogens is 2. The zero-order valence-corrected chi connectivity index (χ0v) is 15.0. The van der Waals surface area contributed by atoms with Gasteiger partial charge in [-0.3, -0.25) is 4.98 Å². The van der Waals surface area contributed by atoms with E-state index in [0.29, 0.717) is 27.5 Å². The SMILES string of the molecule is Clc1cccc(Nc2ccnc(Nc3cccc4cccnc34)n2)c1Cl. The summed E-state index contributed by atoms with van der Waals surface area (Å²) in [6, 6.07) is 17.0. The maximum absolute atomic E-state index is 6.22. The number of nitrogens with one attached hydrogen (secondary N) is 2. The number of hydrogen-bond acceptors (Lipinski definition) is 5. The van der Waals surface area contributed by atoms with Crippen molar-refractivity contribution < 1.29 is 0 Å². The van der Waals surface area contributed by atoms with Gasteiger partial charge in [-0.05, 0) is 30.3 Å². The van der Waals surface area contributed by atoms with Crippen molar-refractivity contribution in [2.24, 2.45) is 0 Å². The maximum Gasteiger partial charge on any atom is 0.229 e. The first-order valence-corrected chi connectivity index (χ1v) is 8.61. The van der Waals surface area contributed by atoms with Crippen molar-refractivity contribution in [1.82, 2.24) is 15.0 Å². The summed E-state index contributed by atoms with van der Waals surface area (Å²) in [6.07, 6.45) is 3.42. The van der Waals surface area contributed by atoms with E-state index in [2.05, 4.69) is 25.6 Å². The molecule has 128 valence electrons. The number of benzene rings is 2. The molecule has 0 saturated heterocycles. The van der Waals surface area contributed by atoms with E-state index in [1.165, 1.54) is 0 Å². The molecule has 2 aromatic carbocycles. The van der Waals surface area contributed by atoms with E-state index in [1.807, 2.05) is 42.5 Å². The van der Waals surface area contributed by atoms with Gasteiger partial charge in [0.15, 0.2) is 0 Å². The molecule has 0 aliphatic rings. The van der Waals surface area contributed by atoms with Gasteiger partial charge < -0.3 is 10.6 Å². The van der Waals surface area contributed by atoms with Gasteiger partial charge in [0.2, 0.25) is 5.95 Å². The first kappa shape index (κ1) is 16.6. The Morgan fingerprint density at radius 3 is 2.46 bits per heavy atom. The van der Waals surface area contributed by atoms with E-state index in [0.717, 1.165) is 16.6 Å². The van der Waals surface area contributed by atoms with Crippen LogP contribution in [-0.2, 0) is 0 Å². The Morgan fingerprint density at radius 1 is 0.731 bits per heavy atom. The highest BCUT2D eigenvalue weighted by molar-refractivity contribution is 6.43. The third-order valence-corrected chi connectivity index (χ3v) is 4.57. The van der Waals surface area contributed by atoms with Crippen molar-refractivity contribution in [2.45, 2.75) is 0 Å². The summed E-state index contributed by atoms with van der Waals surface area (Å²) in [5.41, 5.74) is 2.37. The van der Waals surface area contributed by atoms with Crippen LogP contribution >= 0.6 is 23.2 Å². The van der Waals surface area contributed by atoms with Crippen LogP contribution in [0.4, 0.5) is 23.1 Å². The molecule has 0 saturated carbocycles. The first-order chi connectivity index (χ1) is 12.7. The summed E-state index contributed by atoms with van der Waals surface area (Å²) in [6.45, 7) is 0. The summed E-state index contributed by atoms with van der Waals surface area (Å²) in [5, 5.41) is 8.33. The molecule has 4 rings (SSSR count). The van der Waals surface area contributed by atoms with Gasteiger partial charge in [0.1, 0.15) is 5.82 Å². The van der Waals surface area contributed by atoms with Crippen LogP contribution < -0.4 is 10.6 Å². The van der Waals surface area contributed by atoms with Crippen LogP contribution in [0.1, 0.15) is 0 Å². The molecule has 0 aliphatic carbocycles. The molecule has 0 bridgehead atoms. The van der Waals surface area contributed by atoms with Gasteiger partial charge in [-0.2, -0.15) is 4.98 Å². The predicted molar refractivity (Wildman–Crippen MR) is 107 cm³/mol. The molecule has 2 heterocycles. The summed E-state index contributed by atoms with van der Waals surface area (Å²) in [5.74, 6) is 1.05. The van der Waals surface area contributed by atoms with Crippen molar-refractivity contribution >= 4 is 57.2 Å². The fourth-order valence-electron chi connectivity index (χ4n) is 2.55. The fourth-order valence-corrected chi connectivity index (χ4v) is 2.90. The highest BCUT2D eigenvalue weighted by Crippen LogP contribution is 2.31. The Morgan fingerprint density at radius 2 is 1.54 bits per heavy atom. The second kappa shape index (κ2) is 7.15. The van der Waals surface area contributed by atoms with Gasteiger partial charge in [0.25, 0.3) is 0 Å². The molecule has 0 amide bonds. The Bertz CT molecular complexity index is 1080. The maximum atomic E-state index is 6.22. The van der Waals surface area contributed by atoms with E-state index in [4.69, 9.17) is 23.2 Å². The Hall–Kier alpha value is -2.89. The molecule has 0 fully saturated rings. The Labute approximate surface area is 160 Å². The van der Waals surface area contributed by atoms with Gasteiger partial charge in [-0.25, -0.2) is 4.98 Å². The van der Waals surface area contributed by atoms with Crippen LogP contribution in [0, 0.1) is 0 Å². The molecular weight excluding hydrogens is 369 g/mol. The molecule has 0 spiro atoms. The van der Waals surface area contributed by atoms with Crippen LogP contribution in [0.15, 0.2) is 67.0 Å². The molecular formula is C19H13Cl2N5. The number of para-hydroxylation sites is 1. The second-order valence-electron chi connectivity index (χ2n) is 5.50. The molecule has 2 N–H and O–H groups in total. The second-order valence-corrected chi connectivity index (χ2v) is 6.28. The number of fused-ring (bicyclic) bond motifs is 1. The number of hydrogen-bond donors (Lipinski definition) is 2. The number of nitrogens with zero attached hydrogens (tertiary/aromatic N) is 3. The lowest BCUT2D eigenvalue weighted by molar-refractivity contribution is 1.17. The van der Waals surface area contributed by atoms with Crippen LogP contribution in [-0.4, -0.2) is 15.0 Å². The average Bonchev–Trinajstić information content (AvgIpc) is 2.66. The van der Waals surface area contributed by atoms with Crippen molar-refractivity contribution in [2.75, 3.05) is 10.6 Å². The number of aromatic nitrogens is 3. The van der Waals surface area contributed by atoms with Crippen LogP contribution in [0.3, 0.4) is 0 Å². The summed E-state index contributed by atoms with van der Waals surface area (Å²) in [7, 11) is 0. The molecule has 2 aromatic heterocycles. The molecule has 0 atom stereocenters. The monoisotopic (exact) mass is 381 g/mol. The quantitative estimate of drug-likeness (QED) is 0.466. The van der Waals surface area contributed by atoms with Gasteiger partial charge >= 0.3 is 0 Å². The van der Waals surface area contributed by atoms with Gasteiger partial charge in [-0.1, -0.05) is 47.5 Å². The van der Waals surface area contributed by atoms with Gasteiger partial charge in [-0.15, -0.1) is 0 Å².